The van der Waals surface area contributed by atoms with Crippen molar-refractivity contribution in [2.75, 3.05) is 18.4 Å². The number of piperidine rings is 1. The van der Waals surface area contributed by atoms with Crippen LogP contribution >= 0.6 is 0 Å². The Morgan fingerprint density at radius 2 is 1.54 bits per heavy atom. The van der Waals surface area contributed by atoms with Crippen LogP contribution in [0, 0.1) is 10.8 Å². The van der Waals surface area contributed by atoms with Crippen molar-refractivity contribution < 1.29 is 18.0 Å². The van der Waals surface area contributed by atoms with Gasteiger partial charge in [0.25, 0.3) is 0 Å². The fraction of sp³-hybridized carbons (Fsp3) is 0.407. The van der Waals surface area contributed by atoms with Crippen molar-refractivity contribution in [3.05, 3.63) is 78.4 Å². The largest absolute Gasteiger partial charge is 0.349 e. The van der Waals surface area contributed by atoms with E-state index in [0.29, 0.717) is 24.3 Å². The number of rotatable bonds is 8. The van der Waals surface area contributed by atoms with E-state index in [0.717, 1.165) is 5.56 Å². The second-order valence-corrected chi connectivity index (χ2v) is 12.5. The molecule has 1 heterocycles. The van der Waals surface area contributed by atoms with Crippen LogP contribution in [0.3, 0.4) is 0 Å². The number of nitrogens with zero attached hydrogens (tertiary/aromatic N) is 1. The molecule has 0 bridgehead atoms. The highest BCUT2D eigenvalue weighted by atomic mass is 32.2. The van der Waals surface area contributed by atoms with Crippen LogP contribution in [0.2, 0.25) is 0 Å². The third-order valence-electron chi connectivity index (χ3n) is 6.39. The molecule has 0 saturated carbocycles. The van der Waals surface area contributed by atoms with E-state index in [9.17, 15) is 18.0 Å². The minimum atomic E-state index is -3.60. The van der Waals surface area contributed by atoms with Crippen LogP contribution in [-0.2, 0) is 31.8 Å². The predicted octanol–water partition coefficient (Wildman–Crippen LogP) is 3.74. The summed E-state index contributed by atoms with van der Waals surface area (Å²) >= 11 is 0. The normalized spacial score (nSPS) is 17.9. The molecule has 0 atom stereocenters. The molecule has 7 nitrogen and oxygen atoms in total. The number of amides is 2. The summed E-state index contributed by atoms with van der Waals surface area (Å²) in [5.74, 6) is -0.531. The smallest absolute Gasteiger partial charge is 0.243 e. The van der Waals surface area contributed by atoms with Gasteiger partial charge in [-0.1, -0.05) is 76.7 Å². The van der Waals surface area contributed by atoms with Gasteiger partial charge in [-0.25, -0.2) is 12.7 Å². The zero-order chi connectivity index (χ0) is 25.9. The first kappa shape index (κ1) is 26.6. The average molecular weight is 498 g/mol. The summed E-state index contributed by atoms with van der Waals surface area (Å²) in [7, 11) is -3.60. The van der Waals surface area contributed by atoms with Crippen molar-refractivity contribution in [1.29, 1.82) is 0 Å². The highest BCUT2D eigenvalue weighted by molar-refractivity contribution is 7.88. The Hall–Kier alpha value is -2.97. The van der Waals surface area contributed by atoms with E-state index in [-0.39, 0.29) is 30.0 Å². The lowest BCUT2D eigenvalue weighted by molar-refractivity contribution is -0.120. The van der Waals surface area contributed by atoms with E-state index in [4.69, 9.17) is 0 Å². The Labute approximate surface area is 208 Å². The van der Waals surface area contributed by atoms with Gasteiger partial charge in [-0.05, 0) is 40.2 Å². The average Bonchev–Trinajstić information content (AvgIpc) is 2.77. The van der Waals surface area contributed by atoms with Crippen molar-refractivity contribution >= 4 is 27.5 Å². The molecule has 2 N–H and O–H groups in total. The Balaban J connectivity index is 1.66. The number of anilines is 1. The summed E-state index contributed by atoms with van der Waals surface area (Å²) in [5.41, 5.74) is 1.24. The van der Waals surface area contributed by atoms with Gasteiger partial charge in [0.05, 0.1) is 12.2 Å². The SMILES string of the molecule is C=CC(=O)NC1C(C)(C)CN(S(=O)(=O)Cc2ccc(NC(=O)Cc3ccccc3)cc2)CC1(C)C. The van der Waals surface area contributed by atoms with E-state index >= 15 is 0 Å². The Morgan fingerprint density at radius 1 is 0.971 bits per heavy atom. The summed E-state index contributed by atoms with van der Waals surface area (Å²) < 4.78 is 28.2. The third-order valence-corrected chi connectivity index (χ3v) is 8.13. The van der Waals surface area contributed by atoms with E-state index < -0.39 is 20.9 Å². The van der Waals surface area contributed by atoms with Gasteiger partial charge in [0, 0.05) is 24.8 Å². The fourth-order valence-electron chi connectivity index (χ4n) is 4.97. The van der Waals surface area contributed by atoms with Gasteiger partial charge in [-0.3, -0.25) is 9.59 Å². The number of carbonyl (C=O) groups is 2. The molecule has 2 aromatic rings. The number of benzene rings is 2. The molecule has 0 unspecified atom stereocenters. The van der Waals surface area contributed by atoms with Crippen molar-refractivity contribution in [3.63, 3.8) is 0 Å². The maximum Gasteiger partial charge on any atom is 0.243 e. The molecule has 0 aromatic heterocycles. The maximum absolute atomic E-state index is 13.3. The molecule has 0 spiro atoms. The van der Waals surface area contributed by atoms with E-state index in [1.165, 1.54) is 10.4 Å². The lowest BCUT2D eigenvalue weighted by Gasteiger charge is -2.52. The maximum atomic E-state index is 13.3. The van der Waals surface area contributed by atoms with Crippen LogP contribution in [0.25, 0.3) is 0 Å². The van der Waals surface area contributed by atoms with Crippen molar-refractivity contribution in [3.8, 4) is 0 Å². The van der Waals surface area contributed by atoms with Crippen LogP contribution in [0.1, 0.15) is 38.8 Å². The zero-order valence-corrected chi connectivity index (χ0v) is 21.7. The van der Waals surface area contributed by atoms with Gasteiger partial charge >= 0.3 is 0 Å². The van der Waals surface area contributed by atoms with E-state index in [1.54, 1.807) is 24.3 Å². The first-order chi connectivity index (χ1) is 16.3. The molecule has 188 valence electrons. The summed E-state index contributed by atoms with van der Waals surface area (Å²) in [6.45, 7) is 12.0. The molecule has 1 aliphatic heterocycles. The van der Waals surface area contributed by atoms with Gasteiger partial charge in [0.15, 0.2) is 0 Å². The van der Waals surface area contributed by atoms with Crippen LogP contribution in [0.5, 0.6) is 0 Å². The van der Waals surface area contributed by atoms with Gasteiger partial charge in [-0.15, -0.1) is 0 Å². The molecule has 1 saturated heterocycles. The number of sulfonamides is 1. The zero-order valence-electron chi connectivity index (χ0n) is 20.9. The van der Waals surface area contributed by atoms with Gasteiger partial charge in [0.1, 0.15) is 0 Å². The summed E-state index contributed by atoms with van der Waals surface area (Å²) in [6, 6.07) is 16.2. The Bertz CT molecular complexity index is 1150. The van der Waals surface area contributed by atoms with E-state index in [2.05, 4.69) is 17.2 Å². The highest BCUT2D eigenvalue weighted by Gasteiger charge is 2.50. The van der Waals surface area contributed by atoms with E-state index in [1.807, 2.05) is 58.0 Å². The number of hydrogen-bond donors (Lipinski definition) is 2. The summed E-state index contributed by atoms with van der Waals surface area (Å²) in [5, 5.41) is 5.84. The van der Waals surface area contributed by atoms with Crippen molar-refractivity contribution in [1.82, 2.24) is 9.62 Å². The lowest BCUT2D eigenvalue weighted by Crippen LogP contribution is -2.65. The van der Waals surface area contributed by atoms with Crippen LogP contribution in [0.4, 0.5) is 5.69 Å². The van der Waals surface area contributed by atoms with Crippen LogP contribution in [0.15, 0.2) is 67.3 Å². The summed E-state index contributed by atoms with van der Waals surface area (Å²) in [4.78, 5) is 24.3. The minimum absolute atomic E-state index is 0.132. The Morgan fingerprint density at radius 3 is 2.09 bits per heavy atom. The van der Waals surface area contributed by atoms with Crippen LogP contribution in [-0.4, -0.2) is 43.7 Å². The quantitative estimate of drug-likeness (QED) is 0.543. The molecule has 2 amide bonds. The number of carbonyl (C=O) groups excluding carboxylic acids is 2. The number of hydrogen-bond acceptors (Lipinski definition) is 4. The first-order valence-corrected chi connectivity index (χ1v) is 13.3. The number of nitrogens with one attached hydrogen (secondary N) is 2. The fourth-order valence-corrected chi connectivity index (χ4v) is 6.82. The third kappa shape index (κ3) is 6.80. The molecule has 0 radical (unpaired) electrons. The van der Waals surface area contributed by atoms with Gasteiger partial charge < -0.3 is 10.6 Å². The predicted molar refractivity (Wildman–Crippen MR) is 139 cm³/mol. The monoisotopic (exact) mass is 497 g/mol. The molecule has 2 aromatic carbocycles. The minimum Gasteiger partial charge on any atom is -0.349 e. The highest BCUT2D eigenvalue weighted by Crippen LogP contribution is 2.41. The molecule has 0 aliphatic carbocycles. The lowest BCUT2D eigenvalue weighted by atomic mass is 9.67. The second-order valence-electron chi connectivity index (χ2n) is 10.6. The first-order valence-electron chi connectivity index (χ1n) is 11.7. The van der Waals surface area contributed by atoms with Crippen molar-refractivity contribution in [2.45, 2.75) is 45.9 Å². The van der Waals surface area contributed by atoms with Crippen LogP contribution < -0.4 is 10.6 Å². The molecule has 8 heteroatoms. The second kappa shape index (κ2) is 10.3. The topological polar surface area (TPSA) is 95.6 Å². The summed E-state index contributed by atoms with van der Waals surface area (Å²) in [6.07, 6.45) is 1.51. The Kier molecular flexibility index (Phi) is 7.87. The molecular weight excluding hydrogens is 462 g/mol. The van der Waals surface area contributed by atoms with Gasteiger partial charge in [-0.2, -0.15) is 0 Å². The molecule has 35 heavy (non-hydrogen) atoms. The van der Waals surface area contributed by atoms with Gasteiger partial charge in [0.2, 0.25) is 21.8 Å². The molecule has 3 rings (SSSR count). The standard InChI is InChI=1S/C27H35N3O4S/c1-6-23(31)29-25-26(2,3)18-30(19-27(25,4)5)35(33,34)17-21-12-14-22(15-13-21)28-24(32)16-20-10-8-7-9-11-20/h6-15,25H,1,16-19H2,2-5H3,(H,28,32)(H,29,31). The molecule has 1 fully saturated rings. The van der Waals surface area contributed by atoms with Crippen molar-refractivity contribution in [2.24, 2.45) is 10.8 Å². The molecular formula is C27H35N3O4S. The molecule has 1 aliphatic rings.